The van der Waals surface area contributed by atoms with Gasteiger partial charge in [0.05, 0.1) is 15.5 Å². The van der Waals surface area contributed by atoms with E-state index in [0.717, 1.165) is 5.56 Å². The predicted octanol–water partition coefficient (Wildman–Crippen LogP) is 5.87. The summed E-state index contributed by atoms with van der Waals surface area (Å²) in [5.41, 5.74) is 2.63. The zero-order valence-electron chi connectivity index (χ0n) is 22.2. The molecule has 0 aromatic heterocycles. The van der Waals surface area contributed by atoms with E-state index in [1.165, 1.54) is 46.8 Å². The van der Waals surface area contributed by atoms with Crippen molar-refractivity contribution in [1.29, 1.82) is 0 Å². The third-order valence-corrected chi connectivity index (χ3v) is 10.2. The first-order valence-electron chi connectivity index (χ1n) is 12.7. The summed E-state index contributed by atoms with van der Waals surface area (Å²) in [5.74, 6) is -0.134. The summed E-state index contributed by atoms with van der Waals surface area (Å²) < 4.78 is 61.5. The van der Waals surface area contributed by atoms with E-state index in [1.54, 1.807) is 49.4 Å². The minimum Gasteiger partial charge on any atom is -0.483 e. The van der Waals surface area contributed by atoms with Crippen LogP contribution in [-0.2, 0) is 31.3 Å². The van der Waals surface area contributed by atoms with Crippen molar-refractivity contribution in [1.82, 2.24) is 0 Å². The second kappa shape index (κ2) is 11.8. The normalized spacial score (nSPS) is 13.0. The number of amides is 1. The molecule has 1 amide bonds. The van der Waals surface area contributed by atoms with Crippen LogP contribution in [0.5, 0.6) is 5.75 Å². The molecule has 5 rings (SSSR count). The molecular formula is C29H25Cl2N3O6S2. The SMILES string of the molecule is Cc1cc(S(=O)(=O)Nc2ccc(Cl)cc2)ccc1OCC(=O)Nc1ccc2c(c1)N(S(=O)(=O)c1ccc(Cl)cc1)CC2. The number of rotatable bonds is 9. The highest BCUT2D eigenvalue weighted by molar-refractivity contribution is 7.93. The highest BCUT2D eigenvalue weighted by Gasteiger charge is 2.31. The van der Waals surface area contributed by atoms with Crippen molar-refractivity contribution in [2.24, 2.45) is 0 Å². The summed E-state index contributed by atoms with van der Waals surface area (Å²) in [6.07, 6.45) is 0.541. The van der Waals surface area contributed by atoms with Crippen molar-refractivity contribution in [2.45, 2.75) is 23.1 Å². The Hall–Kier alpha value is -3.77. The fraction of sp³-hybridized carbons (Fsp3) is 0.138. The average molecular weight is 647 g/mol. The number of nitrogens with zero attached hydrogens (tertiary/aromatic N) is 1. The van der Waals surface area contributed by atoms with Crippen LogP contribution < -0.4 is 19.1 Å². The predicted molar refractivity (Wildman–Crippen MR) is 164 cm³/mol. The summed E-state index contributed by atoms with van der Waals surface area (Å²) in [7, 11) is -7.67. The molecule has 4 aromatic rings. The third kappa shape index (κ3) is 6.49. The number of nitrogens with one attached hydrogen (secondary N) is 2. The standard InChI is InChI=1S/C29H25Cl2N3O6S2/c1-19-16-26(41(36,37)33-23-8-3-21(30)4-9-23)12-13-28(19)40-18-29(35)32-24-7-2-20-14-15-34(27(20)17-24)42(38,39)25-10-5-22(31)6-11-25/h2-13,16-17,33H,14-15,18H2,1H3,(H,32,35). The molecule has 1 aliphatic rings. The van der Waals surface area contributed by atoms with Gasteiger partial charge < -0.3 is 10.1 Å². The maximum atomic E-state index is 13.3. The molecule has 0 atom stereocenters. The Kier molecular flexibility index (Phi) is 8.38. The molecule has 1 heterocycles. The molecule has 0 saturated heterocycles. The maximum Gasteiger partial charge on any atom is 0.264 e. The molecule has 1 aliphatic heterocycles. The van der Waals surface area contributed by atoms with Crippen LogP contribution in [0, 0.1) is 6.92 Å². The molecule has 0 unspecified atom stereocenters. The minimum atomic E-state index is -3.86. The summed E-state index contributed by atoms with van der Waals surface area (Å²) in [5, 5.41) is 3.65. The fourth-order valence-corrected chi connectivity index (χ4v) is 7.32. The topological polar surface area (TPSA) is 122 Å². The Morgan fingerprint density at radius 1 is 0.833 bits per heavy atom. The average Bonchev–Trinajstić information content (AvgIpc) is 3.38. The van der Waals surface area contributed by atoms with E-state index < -0.39 is 26.0 Å². The van der Waals surface area contributed by atoms with E-state index in [9.17, 15) is 21.6 Å². The molecule has 0 spiro atoms. The smallest absolute Gasteiger partial charge is 0.264 e. The van der Waals surface area contributed by atoms with Gasteiger partial charge in [0.15, 0.2) is 6.61 Å². The van der Waals surface area contributed by atoms with Crippen molar-refractivity contribution < 1.29 is 26.4 Å². The van der Waals surface area contributed by atoms with Crippen LogP contribution >= 0.6 is 23.2 Å². The number of hydrogen-bond acceptors (Lipinski definition) is 6. The van der Waals surface area contributed by atoms with Crippen LogP contribution in [-0.4, -0.2) is 35.9 Å². The van der Waals surface area contributed by atoms with E-state index >= 15 is 0 Å². The molecule has 0 radical (unpaired) electrons. The maximum absolute atomic E-state index is 13.3. The summed E-state index contributed by atoms with van der Waals surface area (Å²) >= 11 is 11.8. The van der Waals surface area contributed by atoms with Crippen LogP contribution in [0.25, 0.3) is 0 Å². The monoisotopic (exact) mass is 645 g/mol. The number of anilines is 3. The number of benzene rings is 4. The van der Waals surface area contributed by atoms with Gasteiger partial charge in [-0.1, -0.05) is 29.3 Å². The van der Waals surface area contributed by atoms with E-state index in [0.29, 0.717) is 44.8 Å². The zero-order valence-corrected chi connectivity index (χ0v) is 25.3. The van der Waals surface area contributed by atoms with Gasteiger partial charge in [0, 0.05) is 28.0 Å². The first-order chi connectivity index (χ1) is 19.9. The van der Waals surface area contributed by atoms with Crippen molar-refractivity contribution in [2.75, 3.05) is 27.5 Å². The van der Waals surface area contributed by atoms with Crippen LogP contribution in [0.2, 0.25) is 10.0 Å². The number of aryl methyl sites for hydroxylation is 1. The van der Waals surface area contributed by atoms with E-state index in [-0.39, 0.29) is 22.9 Å². The fourth-order valence-electron chi connectivity index (χ4n) is 4.43. The number of ether oxygens (including phenoxy) is 1. The second-order valence-electron chi connectivity index (χ2n) is 9.50. The van der Waals surface area contributed by atoms with Crippen LogP contribution in [0.3, 0.4) is 0 Å². The van der Waals surface area contributed by atoms with Gasteiger partial charge >= 0.3 is 0 Å². The molecule has 4 aromatic carbocycles. The highest BCUT2D eigenvalue weighted by atomic mass is 35.5. The lowest BCUT2D eigenvalue weighted by Crippen LogP contribution is -2.29. The van der Waals surface area contributed by atoms with E-state index in [1.807, 2.05) is 0 Å². The number of carbonyl (C=O) groups excluding carboxylic acids is 1. The summed E-state index contributed by atoms with van der Waals surface area (Å²) in [4.78, 5) is 12.8. The van der Waals surface area contributed by atoms with E-state index in [4.69, 9.17) is 27.9 Å². The quantitative estimate of drug-likeness (QED) is 0.235. The molecule has 0 saturated carbocycles. The Bertz CT molecular complexity index is 1860. The number of carbonyl (C=O) groups is 1. The molecule has 0 aliphatic carbocycles. The van der Waals surface area contributed by atoms with Crippen LogP contribution in [0.1, 0.15) is 11.1 Å². The Morgan fingerprint density at radius 2 is 1.45 bits per heavy atom. The second-order valence-corrected chi connectivity index (χ2v) is 13.9. The van der Waals surface area contributed by atoms with Gasteiger partial charge in [-0.05, 0) is 103 Å². The Labute approximate surface area is 254 Å². The minimum absolute atomic E-state index is 0.0306. The molecule has 218 valence electrons. The molecule has 2 N–H and O–H groups in total. The van der Waals surface area contributed by atoms with Crippen molar-refractivity contribution >= 4 is 66.2 Å². The molecule has 0 bridgehead atoms. The third-order valence-electron chi connectivity index (χ3n) is 6.54. The van der Waals surface area contributed by atoms with Crippen LogP contribution in [0.15, 0.2) is 94.7 Å². The van der Waals surface area contributed by atoms with Gasteiger partial charge in [-0.15, -0.1) is 0 Å². The van der Waals surface area contributed by atoms with Gasteiger partial charge in [0.1, 0.15) is 5.75 Å². The Morgan fingerprint density at radius 3 is 2.12 bits per heavy atom. The largest absolute Gasteiger partial charge is 0.483 e. The van der Waals surface area contributed by atoms with Gasteiger partial charge in [-0.3, -0.25) is 13.8 Å². The molecule has 13 heteroatoms. The number of hydrogen-bond donors (Lipinski definition) is 2. The molecule has 0 fully saturated rings. The molecule has 42 heavy (non-hydrogen) atoms. The summed E-state index contributed by atoms with van der Waals surface area (Å²) in [6.45, 7) is 1.60. The first-order valence-corrected chi connectivity index (χ1v) is 16.3. The van der Waals surface area contributed by atoms with E-state index in [2.05, 4.69) is 10.0 Å². The summed E-state index contributed by atoms with van der Waals surface area (Å²) in [6, 6.07) is 21.6. The number of sulfonamides is 2. The van der Waals surface area contributed by atoms with Crippen LogP contribution in [0.4, 0.5) is 17.1 Å². The van der Waals surface area contributed by atoms with Gasteiger partial charge in [-0.2, -0.15) is 0 Å². The van der Waals surface area contributed by atoms with Gasteiger partial charge in [0.2, 0.25) is 0 Å². The Balaban J connectivity index is 1.23. The molecular weight excluding hydrogens is 621 g/mol. The lowest BCUT2D eigenvalue weighted by Gasteiger charge is -2.20. The molecule has 9 nitrogen and oxygen atoms in total. The highest BCUT2D eigenvalue weighted by Crippen LogP contribution is 2.35. The lowest BCUT2D eigenvalue weighted by atomic mass is 10.1. The van der Waals surface area contributed by atoms with Crippen molar-refractivity contribution in [3.63, 3.8) is 0 Å². The first kappa shape index (κ1) is 29.7. The zero-order chi connectivity index (χ0) is 30.1. The van der Waals surface area contributed by atoms with Crippen molar-refractivity contribution in [3.05, 3.63) is 106 Å². The number of halogens is 2. The lowest BCUT2D eigenvalue weighted by molar-refractivity contribution is -0.118. The van der Waals surface area contributed by atoms with Gasteiger partial charge in [0.25, 0.3) is 26.0 Å². The van der Waals surface area contributed by atoms with Gasteiger partial charge in [-0.25, -0.2) is 16.8 Å². The number of fused-ring (bicyclic) bond motifs is 1. The van der Waals surface area contributed by atoms with Crippen molar-refractivity contribution in [3.8, 4) is 5.75 Å².